The predicted octanol–water partition coefficient (Wildman–Crippen LogP) is 4.34. The number of benzene rings is 2. The number of hydrogen-bond acceptors (Lipinski definition) is 2. The molecule has 22 heavy (non-hydrogen) atoms. The fourth-order valence-electron chi connectivity index (χ4n) is 2.43. The highest BCUT2D eigenvalue weighted by Crippen LogP contribution is 2.21. The molecule has 3 nitrogen and oxygen atoms in total. The molecule has 0 bridgehead atoms. The molecule has 1 N–H and O–H groups in total. The minimum absolute atomic E-state index is 0.297. The van der Waals surface area contributed by atoms with Crippen LogP contribution in [0.1, 0.15) is 22.3 Å². The Morgan fingerprint density at radius 3 is 2.32 bits per heavy atom. The largest absolute Gasteiger partial charge is 0.478 e. The Morgan fingerprint density at radius 1 is 1.14 bits per heavy atom. The van der Waals surface area contributed by atoms with Gasteiger partial charge in [0.2, 0.25) is 0 Å². The van der Waals surface area contributed by atoms with E-state index in [9.17, 15) is 9.90 Å². The molecular weight excluding hydrogens is 300 g/mol. The van der Waals surface area contributed by atoms with Crippen molar-refractivity contribution < 1.29 is 14.6 Å². The SMILES string of the molecule is Cc1cc(C)cc(O[C@H](Cc2ccc(Cl)cc2C)C(=O)O)c1. The molecule has 1 atom stereocenters. The Bertz CT molecular complexity index is 674. The van der Waals surface area contributed by atoms with E-state index in [-0.39, 0.29) is 0 Å². The van der Waals surface area contributed by atoms with Crippen molar-refractivity contribution in [2.45, 2.75) is 33.3 Å². The van der Waals surface area contributed by atoms with Gasteiger partial charge in [-0.2, -0.15) is 0 Å². The van der Waals surface area contributed by atoms with Crippen molar-refractivity contribution in [3.05, 3.63) is 63.7 Å². The molecular formula is C18H19ClO3. The van der Waals surface area contributed by atoms with Crippen LogP contribution in [0.5, 0.6) is 5.75 Å². The molecule has 0 fully saturated rings. The molecule has 0 amide bonds. The Morgan fingerprint density at radius 2 is 1.77 bits per heavy atom. The summed E-state index contributed by atoms with van der Waals surface area (Å²) in [6.07, 6.45) is -0.633. The van der Waals surface area contributed by atoms with Gasteiger partial charge in [0.25, 0.3) is 0 Å². The zero-order valence-corrected chi connectivity index (χ0v) is 13.6. The number of aliphatic carboxylic acids is 1. The molecule has 0 aliphatic carbocycles. The number of carbonyl (C=O) groups is 1. The van der Waals surface area contributed by atoms with Crippen molar-refractivity contribution in [2.75, 3.05) is 0 Å². The normalized spacial score (nSPS) is 12.0. The zero-order chi connectivity index (χ0) is 16.3. The Hall–Kier alpha value is -2.00. The zero-order valence-electron chi connectivity index (χ0n) is 12.9. The van der Waals surface area contributed by atoms with Gasteiger partial charge in [0.05, 0.1) is 0 Å². The number of aryl methyl sites for hydroxylation is 3. The monoisotopic (exact) mass is 318 g/mol. The van der Waals surface area contributed by atoms with Gasteiger partial charge in [0.15, 0.2) is 6.10 Å². The van der Waals surface area contributed by atoms with E-state index in [1.165, 1.54) is 0 Å². The molecule has 2 aromatic rings. The van der Waals surface area contributed by atoms with Gasteiger partial charge in [-0.3, -0.25) is 0 Å². The lowest BCUT2D eigenvalue weighted by molar-refractivity contribution is -0.145. The van der Waals surface area contributed by atoms with Gasteiger partial charge >= 0.3 is 5.97 Å². The molecule has 0 saturated carbocycles. The molecule has 0 radical (unpaired) electrons. The summed E-state index contributed by atoms with van der Waals surface area (Å²) in [6.45, 7) is 5.83. The third kappa shape index (κ3) is 4.25. The Balaban J connectivity index is 2.21. The first-order chi connectivity index (χ1) is 10.3. The van der Waals surface area contributed by atoms with Crippen molar-refractivity contribution in [1.29, 1.82) is 0 Å². The third-order valence-electron chi connectivity index (χ3n) is 3.46. The van der Waals surface area contributed by atoms with E-state index in [1.807, 2.05) is 51.1 Å². The molecule has 2 aromatic carbocycles. The number of hydrogen-bond donors (Lipinski definition) is 1. The topological polar surface area (TPSA) is 46.5 Å². The average molecular weight is 319 g/mol. The predicted molar refractivity (Wildman–Crippen MR) is 87.9 cm³/mol. The molecule has 0 aromatic heterocycles. The molecule has 0 heterocycles. The summed E-state index contributed by atoms with van der Waals surface area (Å²) in [5, 5.41) is 10.1. The van der Waals surface area contributed by atoms with Crippen LogP contribution in [0.4, 0.5) is 0 Å². The van der Waals surface area contributed by atoms with E-state index in [0.29, 0.717) is 17.2 Å². The highest BCUT2D eigenvalue weighted by molar-refractivity contribution is 6.30. The van der Waals surface area contributed by atoms with Gasteiger partial charge in [-0.05, 0) is 67.3 Å². The average Bonchev–Trinajstić information content (AvgIpc) is 2.39. The third-order valence-corrected chi connectivity index (χ3v) is 3.69. The van der Waals surface area contributed by atoms with E-state index >= 15 is 0 Å². The molecule has 116 valence electrons. The molecule has 0 spiro atoms. The van der Waals surface area contributed by atoms with Crippen LogP contribution in [-0.2, 0) is 11.2 Å². The van der Waals surface area contributed by atoms with Crippen molar-refractivity contribution >= 4 is 17.6 Å². The standard InChI is InChI=1S/C18H19ClO3/c1-11-6-12(2)8-16(7-11)22-17(18(20)21)10-14-4-5-15(19)9-13(14)3/h4-9,17H,10H2,1-3H3,(H,20,21)/t17-/m1/s1. The number of rotatable bonds is 5. The summed E-state index contributed by atoms with van der Waals surface area (Å²) in [4.78, 5) is 11.5. The van der Waals surface area contributed by atoms with E-state index in [1.54, 1.807) is 6.07 Å². The number of carboxylic acid groups (broad SMARTS) is 1. The van der Waals surface area contributed by atoms with Crippen molar-refractivity contribution in [3.8, 4) is 5.75 Å². The summed E-state index contributed by atoms with van der Waals surface area (Å²) in [6, 6.07) is 11.1. The van der Waals surface area contributed by atoms with Gasteiger partial charge in [0, 0.05) is 11.4 Å². The second kappa shape index (κ2) is 6.84. The number of halogens is 1. The number of carboxylic acids is 1. The van der Waals surface area contributed by atoms with Gasteiger partial charge in [0.1, 0.15) is 5.75 Å². The lowest BCUT2D eigenvalue weighted by Crippen LogP contribution is -2.29. The summed E-state index contributed by atoms with van der Waals surface area (Å²) in [5.74, 6) is -0.398. The van der Waals surface area contributed by atoms with Crippen LogP contribution in [0, 0.1) is 20.8 Å². The molecule has 0 aliphatic heterocycles. The van der Waals surface area contributed by atoms with Crippen LogP contribution in [0.15, 0.2) is 36.4 Å². The van der Waals surface area contributed by atoms with E-state index in [0.717, 1.165) is 22.3 Å². The summed E-state index contributed by atoms with van der Waals surface area (Å²) >= 11 is 5.93. The molecule has 2 rings (SSSR count). The number of ether oxygens (including phenoxy) is 1. The minimum Gasteiger partial charge on any atom is -0.478 e. The lowest BCUT2D eigenvalue weighted by atomic mass is 10.0. The van der Waals surface area contributed by atoms with Crippen molar-refractivity contribution in [2.24, 2.45) is 0 Å². The van der Waals surface area contributed by atoms with Crippen LogP contribution < -0.4 is 4.74 Å². The fraction of sp³-hybridized carbons (Fsp3) is 0.278. The molecule has 0 aliphatic rings. The van der Waals surface area contributed by atoms with E-state index in [2.05, 4.69) is 0 Å². The maximum atomic E-state index is 11.5. The fourth-order valence-corrected chi connectivity index (χ4v) is 2.66. The van der Waals surface area contributed by atoms with E-state index < -0.39 is 12.1 Å². The highest BCUT2D eigenvalue weighted by Gasteiger charge is 2.21. The van der Waals surface area contributed by atoms with Crippen LogP contribution >= 0.6 is 11.6 Å². The van der Waals surface area contributed by atoms with E-state index in [4.69, 9.17) is 16.3 Å². The second-order valence-electron chi connectivity index (χ2n) is 5.54. The first-order valence-electron chi connectivity index (χ1n) is 7.08. The van der Waals surface area contributed by atoms with Crippen LogP contribution in [0.25, 0.3) is 0 Å². The second-order valence-corrected chi connectivity index (χ2v) is 5.98. The molecule has 4 heteroatoms. The van der Waals surface area contributed by atoms with Crippen molar-refractivity contribution in [3.63, 3.8) is 0 Å². The molecule has 0 unspecified atom stereocenters. The quantitative estimate of drug-likeness (QED) is 0.892. The van der Waals surface area contributed by atoms with Gasteiger partial charge in [-0.25, -0.2) is 4.79 Å². The van der Waals surface area contributed by atoms with Crippen LogP contribution in [0.3, 0.4) is 0 Å². The van der Waals surface area contributed by atoms with Crippen LogP contribution in [-0.4, -0.2) is 17.2 Å². The smallest absolute Gasteiger partial charge is 0.345 e. The minimum atomic E-state index is -0.978. The van der Waals surface area contributed by atoms with Crippen molar-refractivity contribution in [1.82, 2.24) is 0 Å². The first kappa shape index (κ1) is 16.4. The summed E-state index contributed by atoms with van der Waals surface area (Å²) in [5.41, 5.74) is 3.97. The lowest BCUT2D eigenvalue weighted by Gasteiger charge is -2.17. The Kier molecular flexibility index (Phi) is 5.09. The van der Waals surface area contributed by atoms with Gasteiger partial charge in [-0.15, -0.1) is 0 Å². The maximum Gasteiger partial charge on any atom is 0.345 e. The maximum absolute atomic E-state index is 11.5. The first-order valence-corrected chi connectivity index (χ1v) is 7.46. The van der Waals surface area contributed by atoms with Gasteiger partial charge in [-0.1, -0.05) is 23.7 Å². The van der Waals surface area contributed by atoms with Gasteiger partial charge < -0.3 is 9.84 Å². The van der Waals surface area contributed by atoms with Crippen LogP contribution in [0.2, 0.25) is 5.02 Å². The molecule has 0 saturated heterocycles. The highest BCUT2D eigenvalue weighted by atomic mass is 35.5. The Labute approximate surface area is 135 Å². The summed E-state index contributed by atoms with van der Waals surface area (Å²) < 4.78 is 5.69. The summed E-state index contributed by atoms with van der Waals surface area (Å²) in [7, 11) is 0.